The summed E-state index contributed by atoms with van der Waals surface area (Å²) in [6.07, 6.45) is 2.00. The fourth-order valence-corrected chi connectivity index (χ4v) is 3.47. The van der Waals surface area contributed by atoms with Gasteiger partial charge in [0.25, 0.3) is 0 Å². The van der Waals surface area contributed by atoms with Gasteiger partial charge in [0.2, 0.25) is 5.91 Å². The molecule has 0 aliphatic carbocycles. The van der Waals surface area contributed by atoms with Crippen LogP contribution in [0.4, 0.5) is 0 Å². The number of nitrogens with one attached hydrogen (secondary N) is 2. The van der Waals surface area contributed by atoms with Gasteiger partial charge in [-0.15, -0.1) is 0 Å². The second kappa shape index (κ2) is 4.74. The normalized spacial score (nSPS) is 22.9. The summed E-state index contributed by atoms with van der Waals surface area (Å²) in [4.78, 5) is 19.3. The van der Waals surface area contributed by atoms with E-state index in [2.05, 4.69) is 28.3 Å². The second-order valence-corrected chi connectivity index (χ2v) is 5.77. The first-order valence-corrected chi connectivity index (χ1v) is 7.09. The average molecular weight is 273 g/mol. The Morgan fingerprint density at radius 3 is 2.89 bits per heavy atom. The van der Waals surface area contributed by atoms with Crippen molar-refractivity contribution >= 4 is 33.7 Å². The molecule has 0 saturated carbocycles. The van der Waals surface area contributed by atoms with Gasteiger partial charge < -0.3 is 10.3 Å². The van der Waals surface area contributed by atoms with Crippen LogP contribution in [0.1, 0.15) is 18.4 Å². The fourth-order valence-electron chi connectivity index (χ4n) is 2.45. The van der Waals surface area contributed by atoms with Gasteiger partial charge in [0.05, 0.1) is 5.25 Å². The van der Waals surface area contributed by atoms with Gasteiger partial charge in [-0.3, -0.25) is 9.79 Å². The Bertz CT molecular complexity index is 662. The summed E-state index contributed by atoms with van der Waals surface area (Å²) in [7, 11) is 1.70. The van der Waals surface area contributed by atoms with E-state index in [9.17, 15) is 4.79 Å². The van der Waals surface area contributed by atoms with Crippen molar-refractivity contribution in [2.45, 2.75) is 18.1 Å². The number of benzene rings is 1. The van der Waals surface area contributed by atoms with E-state index >= 15 is 0 Å². The highest BCUT2D eigenvalue weighted by molar-refractivity contribution is 8.15. The third-order valence-electron chi connectivity index (χ3n) is 3.50. The van der Waals surface area contributed by atoms with E-state index in [0.717, 1.165) is 5.52 Å². The number of aromatic nitrogens is 1. The van der Waals surface area contributed by atoms with Crippen LogP contribution in [0, 0.1) is 0 Å². The molecule has 98 valence electrons. The number of carbonyl (C=O) groups excluding carboxylic acids is 1. The van der Waals surface area contributed by atoms with Crippen molar-refractivity contribution in [1.82, 2.24) is 10.3 Å². The van der Waals surface area contributed by atoms with Crippen LogP contribution in [-0.2, 0) is 4.79 Å². The zero-order valence-electron chi connectivity index (χ0n) is 10.8. The standard InChI is InChI=1S/C14H15N3OS/c1-8(12-13(18)17-14(15-2)19-12)10-7-16-11-6-4-3-5-9(10)11/h3-8,12,16H,1-2H3,(H,15,17,18)/t8-,12+/m1/s1. The lowest BCUT2D eigenvalue weighted by Crippen LogP contribution is -2.27. The number of hydrogen-bond acceptors (Lipinski definition) is 3. The highest BCUT2D eigenvalue weighted by Gasteiger charge is 2.35. The third kappa shape index (κ3) is 2.04. The van der Waals surface area contributed by atoms with E-state index in [1.165, 1.54) is 22.7 Å². The highest BCUT2D eigenvalue weighted by atomic mass is 32.2. The Hall–Kier alpha value is -1.75. The molecule has 1 fully saturated rings. The summed E-state index contributed by atoms with van der Waals surface area (Å²) in [6.45, 7) is 2.09. The largest absolute Gasteiger partial charge is 0.361 e. The average Bonchev–Trinajstić information content (AvgIpc) is 3.01. The van der Waals surface area contributed by atoms with Crippen molar-refractivity contribution in [1.29, 1.82) is 0 Å². The number of H-pyrrole nitrogens is 1. The topological polar surface area (TPSA) is 57.2 Å². The van der Waals surface area contributed by atoms with Crippen LogP contribution < -0.4 is 5.32 Å². The maximum absolute atomic E-state index is 12.0. The molecule has 0 unspecified atom stereocenters. The van der Waals surface area contributed by atoms with Crippen LogP contribution in [0.5, 0.6) is 0 Å². The van der Waals surface area contributed by atoms with Gasteiger partial charge in [0.15, 0.2) is 5.17 Å². The number of carbonyl (C=O) groups is 1. The number of fused-ring (bicyclic) bond motifs is 1. The first-order valence-electron chi connectivity index (χ1n) is 6.21. The summed E-state index contributed by atoms with van der Waals surface area (Å²) < 4.78 is 0. The Kier molecular flexibility index (Phi) is 3.06. The molecule has 19 heavy (non-hydrogen) atoms. The molecule has 4 nitrogen and oxygen atoms in total. The highest BCUT2D eigenvalue weighted by Crippen LogP contribution is 2.35. The zero-order valence-corrected chi connectivity index (χ0v) is 11.6. The third-order valence-corrected chi connectivity index (χ3v) is 4.88. The molecule has 0 spiro atoms. The molecule has 0 radical (unpaired) electrons. The van der Waals surface area contributed by atoms with Crippen LogP contribution in [0.3, 0.4) is 0 Å². The molecule has 1 amide bonds. The van der Waals surface area contributed by atoms with Crippen LogP contribution in [0.2, 0.25) is 0 Å². The second-order valence-electron chi connectivity index (χ2n) is 4.63. The van der Waals surface area contributed by atoms with E-state index in [-0.39, 0.29) is 17.1 Å². The van der Waals surface area contributed by atoms with E-state index in [4.69, 9.17) is 0 Å². The minimum atomic E-state index is -0.113. The summed E-state index contributed by atoms with van der Waals surface area (Å²) in [5.74, 6) is 0.184. The Morgan fingerprint density at radius 2 is 2.16 bits per heavy atom. The van der Waals surface area contributed by atoms with Gasteiger partial charge in [-0.05, 0) is 11.6 Å². The predicted octanol–water partition coefficient (Wildman–Crippen LogP) is 2.49. The van der Waals surface area contributed by atoms with E-state index < -0.39 is 0 Å². The predicted molar refractivity (Wildman–Crippen MR) is 79.6 cm³/mol. The lowest BCUT2D eigenvalue weighted by atomic mass is 9.96. The molecule has 1 aromatic heterocycles. The number of aromatic amines is 1. The summed E-state index contributed by atoms with van der Waals surface area (Å²) in [5.41, 5.74) is 2.29. The van der Waals surface area contributed by atoms with Crippen LogP contribution in [-0.4, -0.2) is 28.4 Å². The molecule has 1 saturated heterocycles. The molecule has 2 N–H and O–H groups in total. The maximum Gasteiger partial charge on any atom is 0.240 e. The Morgan fingerprint density at radius 1 is 1.37 bits per heavy atom. The minimum absolute atomic E-state index is 0.0448. The number of para-hydroxylation sites is 1. The molecule has 2 aromatic rings. The Balaban J connectivity index is 1.96. The van der Waals surface area contributed by atoms with Gasteiger partial charge in [-0.2, -0.15) is 0 Å². The lowest BCUT2D eigenvalue weighted by Gasteiger charge is -2.14. The molecule has 5 heteroatoms. The summed E-state index contributed by atoms with van der Waals surface area (Å²) in [6, 6.07) is 8.16. The molecule has 3 rings (SSSR count). The maximum atomic E-state index is 12.0. The number of amidine groups is 1. The number of aliphatic imine (C=N–C) groups is 1. The summed E-state index contributed by atoms with van der Waals surface area (Å²) >= 11 is 1.51. The van der Waals surface area contributed by atoms with E-state index in [1.54, 1.807) is 7.05 Å². The summed E-state index contributed by atoms with van der Waals surface area (Å²) in [5, 5.41) is 4.59. The number of rotatable bonds is 2. The molecule has 2 heterocycles. The lowest BCUT2D eigenvalue weighted by molar-refractivity contribution is -0.119. The number of amides is 1. The van der Waals surface area contributed by atoms with Crippen LogP contribution in [0.25, 0.3) is 10.9 Å². The van der Waals surface area contributed by atoms with E-state index in [0.29, 0.717) is 5.17 Å². The van der Waals surface area contributed by atoms with Gasteiger partial charge in [0.1, 0.15) is 0 Å². The number of hydrogen-bond donors (Lipinski definition) is 2. The first kappa shape index (κ1) is 12.3. The van der Waals surface area contributed by atoms with Crippen molar-refractivity contribution in [3.8, 4) is 0 Å². The molecule has 2 atom stereocenters. The number of thioether (sulfide) groups is 1. The van der Waals surface area contributed by atoms with Gasteiger partial charge in [-0.25, -0.2) is 0 Å². The smallest absolute Gasteiger partial charge is 0.240 e. The molecule has 0 bridgehead atoms. The van der Waals surface area contributed by atoms with Crippen LogP contribution in [0.15, 0.2) is 35.5 Å². The SMILES string of the molecule is CN=C1NC(=O)[C@H]([C@H](C)c2c[nH]c3ccccc23)S1. The van der Waals surface area contributed by atoms with Gasteiger partial charge in [0, 0.05) is 30.1 Å². The van der Waals surface area contributed by atoms with Crippen LogP contribution >= 0.6 is 11.8 Å². The van der Waals surface area contributed by atoms with Crippen molar-refractivity contribution in [2.24, 2.45) is 4.99 Å². The first-order chi connectivity index (χ1) is 9.20. The molecule has 1 aliphatic heterocycles. The molecular formula is C14H15N3OS. The van der Waals surface area contributed by atoms with Gasteiger partial charge in [-0.1, -0.05) is 36.9 Å². The molecule has 1 aromatic carbocycles. The minimum Gasteiger partial charge on any atom is -0.361 e. The van der Waals surface area contributed by atoms with Gasteiger partial charge >= 0.3 is 0 Å². The van der Waals surface area contributed by atoms with Crippen molar-refractivity contribution in [3.63, 3.8) is 0 Å². The monoisotopic (exact) mass is 273 g/mol. The Labute approximate surface area is 115 Å². The molecule has 1 aliphatic rings. The number of nitrogens with zero attached hydrogens (tertiary/aromatic N) is 1. The van der Waals surface area contributed by atoms with E-state index in [1.807, 2.05) is 24.4 Å². The van der Waals surface area contributed by atoms with Crippen molar-refractivity contribution in [3.05, 3.63) is 36.0 Å². The van der Waals surface area contributed by atoms with Crippen molar-refractivity contribution < 1.29 is 4.79 Å². The zero-order chi connectivity index (χ0) is 13.4. The molecular weight excluding hydrogens is 258 g/mol. The fraction of sp³-hybridized carbons (Fsp3) is 0.286. The quantitative estimate of drug-likeness (QED) is 0.883. The van der Waals surface area contributed by atoms with Crippen molar-refractivity contribution in [2.75, 3.05) is 7.05 Å².